The van der Waals surface area contributed by atoms with Gasteiger partial charge in [-0.15, -0.1) is 0 Å². The zero-order chi connectivity index (χ0) is 16.4. The lowest BCUT2D eigenvalue weighted by Crippen LogP contribution is -2.52. The van der Waals surface area contributed by atoms with Gasteiger partial charge in [0.1, 0.15) is 17.9 Å². The molecule has 1 N–H and O–H groups in total. The number of H-pyrrole nitrogens is 1. The fraction of sp³-hybridized carbons (Fsp3) is 0.312. The number of aromatic nitrogens is 1. The molecule has 0 radical (unpaired) electrons. The van der Waals surface area contributed by atoms with Crippen LogP contribution in [0.5, 0.6) is 0 Å². The number of piperazine rings is 1. The van der Waals surface area contributed by atoms with E-state index in [0.717, 1.165) is 0 Å². The van der Waals surface area contributed by atoms with Crippen LogP contribution >= 0.6 is 0 Å². The van der Waals surface area contributed by atoms with Crippen molar-refractivity contribution in [1.82, 2.24) is 14.8 Å². The summed E-state index contributed by atoms with van der Waals surface area (Å²) >= 11 is 0. The van der Waals surface area contributed by atoms with Crippen LogP contribution in [0.4, 0.5) is 0 Å². The molecular weight excluding hydrogens is 298 g/mol. The van der Waals surface area contributed by atoms with Gasteiger partial charge in [-0.05, 0) is 31.2 Å². The molecule has 1 aliphatic rings. The molecule has 1 fully saturated rings. The van der Waals surface area contributed by atoms with Gasteiger partial charge in [0.05, 0.1) is 12.0 Å². The van der Waals surface area contributed by atoms with E-state index in [2.05, 4.69) is 4.98 Å². The van der Waals surface area contributed by atoms with Gasteiger partial charge < -0.3 is 19.2 Å². The van der Waals surface area contributed by atoms with Gasteiger partial charge in [0.15, 0.2) is 0 Å². The molecule has 0 spiro atoms. The molecule has 2 amide bonds. The van der Waals surface area contributed by atoms with E-state index in [1.807, 2.05) is 6.92 Å². The highest BCUT2D eigenvalue weighted by atomic mass is 16.3. The molecule has 120 valence electrons. The Morgan fingerprint density at radius 2 is 2.09 bits per heavy atom. The van der Waals surface area contributed by atoms with Crippen LogP contribution in [-0.2, 0) is 4.79 Å². The molecule has 23 heavy (non-hydrogen) atoms. The van der Waals surface area contributed by atoms with Gasteiger partial charge in [-0.3, -0.25) is 14.4 Å². The van der Waals surface area contributed by atoms with Crippen molar-refractivity contribution in [3.05, 3.63) is 46.4 Å². The van der Waals surface area contributed by atoms with Gasteiger partial charge >= 0.3 is 0 Å². The van der Waals surface area contributed by atoms with E-state index in [1.54, 1.807) is 23.1 Å². The van der Waals surface area contributed by atoms with E-state index in [1.165, 1.54) is 17.2 Å². The minimum absolute atomic E-state index is 0.00600. The first-order valence-electron chi connectivity index (χ1n) is 7.44. The fourth-order valence-electron chi connectivity index (χ4n) is 2.60. The standard InChI is InChI=1S/C16H17N3O4/c1-2-18-7-8-19(10-14(18)20)16(22)11-5-6-12(17-15(11)21)13-4-3-9-23-13/h3-6,9H,2,7-8,10H2,1H3,(H,17,21). The summed E-state index contributed by atoms with van der Waals surface area (Å²) in [6, 6.07) is 6.52. The molecule has 1 saturated heterocycles. The quantitative estimate of drug-likeness (QED) is 0.913. The van der Waals surface area contributed by atoms with Crippen molar-refractivity contribution in [3.8, 4) is 11.5 Å². The summed E-state index contributed by atoms with van der Waals surface area (Å²) < 4.78 is 5.21. The molecule has 0 aromatic carbocycles. The minimum Gasteiger partial charge on any atom is -0.463 e. The number of nitrogens with one attached hydrogen (secondary N) is 1. The maximum Gasteiger partial charge on any atom is 0.261 e. The zero-order valence-electron chi connectivity index (χ0n) is 12.7. The third-order valence-electron chi connectivity index (χ3n) is 3.91. The summed E-state index contributed by atoms with van der Waals surface area (Å²) in [5.41, 5.74) is 0.0377. The molecule has 2 aromatic rings. The predicted molar refractivity (Wildman–Crippen MR) is 82.9 cm³/mol. The number of rotatable bonds is 3. The van der Waals surface area contributed by atoms with E-state index in [9.17, 15) is 14.4 Å². The normalized spacial score (nSPS) is 15.1. The van der Waals surface area contributed by atoms with Crippen LogP contribution in [0.15, 0.2) is 39.7 Å². The number of hydrogen-bond donors (Lipinski definition) is 1. The first kappa shape index (κ1) is 15.1. The number of likely N-dealkylation sites (N-methyl/N-ethyl adjacent to an activating group) is 1. The second kappa shape index (κ2) is 6.12. The van der Waals surface area contributed by atoms with E-state index < -0.39 is 11.5 Å². The summed E-state index contributed by atoms with van der Waals surface area (Å²) in [6.45, 7) is 3.44. The van der Waals surface area contributed by atoms with Crippen molar-refractivity contribution < 1.29 is 14.0 Å². The Hall–Kier alpha value is -2.83. The first-order chi connectivity index (χ1) is 11.1. The lowest BCUT2D eigenvalue weighted by molar-refractivity contribution is -0.134. The van der Waals surface area contributed by atoms with Gasteiger partial charge in [-0.2, -0.15) is 0 Å². The van der Waals surface area contributed by atoms with E-state index >= 15 is 0 Å². The number of aromatic amines is 1. The third kappa shape index (κ3) is 2.90. The smallest absolute Gasteiger partial charge is 0.261 e. The molecule has 0 unspecified atom stereocenters. The number of furan rings is 1. The van der Waals surface area contributed by atoms with Crippen LogP contribution in [0, 0.1) is 0 Å². The van der Waals surface area contributed by atoms with Gasteiger partial charge in [0, 0.05) is 19.6 Å². The highest BCUT2D eigenvalue weighted by molar-refractivity contribution is 5.96. The van der Waals surface area contributed by atoms with Crippen molar-refractivity contribution in [3.63, 3.8) is 0 Å². The topological polar surface area (TPSA) is 86.6 Å². The second-order valence-electron chi connectivity index (χ2n) is 5.29. The molecule has 2 aromatic heterocycles. The summed E-state index contributed by atoms with van der Waals surface area (Å²) in [6.07, 6.45) is 1.51. The van der Waals surface area contributed by atoms with Crippen LogP contribution in [0.1, 0.15) is 17.3 Å². The van der Waals surface area contributed by atoms with Crippen LogP contribution in [0.25, 0.3) is 11.5 Å². The Bertz CT molecular complexity index is 779. The number of pyridine rings is 1. The number of nitrogens with zero attached hydrogens (tertiary/aromatic N) is 2. The first-order valence-corrected chi connectivity index (χ1v) is 7.44. The summed E-state index contributed by atoms with van der Waals surface area (Å²) in [7, 11) is 0. The predicted octanol–water partition coefficient (Wildman–Crippen LogP) is 0.939. The molecule has 0 bridgehead atoms. The number of hydrogen-bond acceptors (Lipinski definition) is 4. The summed E-state index contributed by atoms with van der Waals surface area (Å²) in [4.78, 5) is 42.3. The van der Waals surface area contributed by atoms with Gasteiger partial charge in [0.2, 0.25) is 5.91 Å². The van der Waals surface area contributed by atoms with Crippen molar-refractivity contribution in [2.75, 3.05) is 26.2 Å². The van der Waals surface area contributed by atoms with Gasteiger partial charge in [-0.1, -0.05) is 0 Å². The Morgan fingerprint density at radius 1 is 1.26 bits per heavy atom. The van der Waals surface area contributed by atoms with Crippen molar-refractivity contribution in [2.45, 2.75) is 6.92 Å². The highest BCUT2D eigenvalue weighted by Crippen LogP contribution is 2.16. The molecule has 0 atom stereocenters. The van der Waals surface area contributed by atoms with Crippen molar-refractivity contribution in [2.24, 2.45) is 0 Å². The van der Waals surface area contributed by atoms with Crippen LogP contribution in [0.3, 0.4) is 0 Å². The Morgan fingerprint density at radius 3 is 2.70 bits per heavy atom. The maximum absolute atomic E-state index is 12.5. The molecule has 7 nitrogen and oxygen atoms in total. The number of carbonyl (C=O) groups excluding carboxylic acids is 2. The zero-order valence-corrected chi connectivity index (χ0v) is 12.7. The molecule has 3 rings (SSSR count). The minimum atomic E-state index is -0.491. The third-order valence-corrected chi connectivity index (χ3v) is 3.91. The van der Waals surface area contributed by atoms with Gasteiger partial charge in [0.25, 0.3) is 11.5 Å². The van der Waals surface area contributed by atoms with Crippen LogP contribution < -0.4 is 5.56 Å². The Labute approximate surface area is 132 Å². The lowest BCUT2D eigenvalue weighted by atomic mass is 10.2. The Kier molecular flexibility index (Phi) is 4.01. The molecule has 0 saturated carbocycles. The summed E-state index contributed by atoms with van der Waals surface area (Å²) in [5, 5.41) is 0. The monoisotopic (exact) mass is 315 g/mol. The van der Waals surface area contributed by atoms with E-state index in [-0.39, 0.29) is 18.0 Å². The molecule has 1 aliphatic heterocycles. The van der Waals surface area contributed by atoms with Gasteiger partial charge in [-0.25, -0.2) is 0 Å². The average molecular weight is 315 g/mol. The lowest BCUT2D eigenvalue weighted by Gasteiger charge is -2.33. The molecular formula is C16H17N3O4. The highest BCUT2D eigenvalue weighted by Gasteiger charge is 2.28. The van der Waals surface area contributed by atoms with E-state index in [4.69, 9.17) is 4.42 Å². The molecule has 7 heteroatoms. The Balaban J connectivity index is 1.81. The molecule has 3 heterocycles. The second-order valence-corrected chi connectivity index (χ2v) is 5.29. The van der Waals surface area contributed by atoms with Crippen molar-refractivity contribution in [1.29, 1.82) is 0 Å². The average Bonchev–Trinajstić information content (AvgIpc) is 3.08. The number of carbonyl (C=O) groups is 2. The van der Waals surface area contributed by atoms with Crippen LogP contribution in [0.2, 0.25) is 0 Å². The fourth-order valence-corrected chi connectivity index (χ4v) is 2.60. The van der Waals surface area contributed by atoms with E-state index in [0.29, 0.717) is 31.1 Å². The SMILES string of the molecule is CCN1CCN(C(=O)c2ccc(-c3ccco3)[nH]c2=O)CC1=O. The van der Waals surface area contributed by atoms with Crippen LogP contribution in [-0.4, -0.2) is 52.8 Å². The van der Waals surface area contributed by atoms with Crippen molar-refractivity contribution >= 4 is 11.8 Å². The number of amides is 2. The largest absolute Gasteiger partial charge is 0.463 e. The summed E-state index contributed by atoms with van der Waals surface area (Å²) in [5.74, 6) is -0.00933. The maximum atomic E-state index is 12.5. The molecule has 0 aliphatic carbocycles.